The molecule has 0 saturated carbocycles. The Morgan fingerprint density at radius 1 is 1.22 bits per heavy atom. The van der Waals surface area contributed by atoms with Gasteiger partial charge < -0.3 is 24.8 Å². The van der Waals surface area contributed by atoms with Gasteiger partial charge in [-0.25, -0.2) is 4.98 Å². The summed E-state index contributed by atoms with van der Waals surface area (Å²) in [5, 5.41) is 7.66. The first kappa shape index (κ1) is 19.6. The third-order valence-electron chi connectivity index (χ3n) is 7.17. The molecule has 2 aromatic heterocycles. The van der Waals surface area contributed by atoms with Gasteiger partial charge in [-0.15, -0.1) is 0 Å². The van der Waals surface area contributed by atoms with E-state index in [0.29, 0.717) is 24.3 Å². The average Bonchev–Trinajstić information content (AvgIpc) is 3.35. The fourth-order valence-corrected chi connectivity index (χ4v) is 5.54. The van der Waals surface area contributed by atoms with E-state index < -0.39 is 0 Å². The minimum atomic E-state index is -0.102. The Morgan fingerprint density at radius 2 is 2.06 bits per heavy atom. The van der Waals surface area contributed by atoms with Crippen LogP contribution in [-0.2, 0) is 13.0 Å². The Hall–Kier alpha value is -3.06. The zero-order valence-electron chi connectivity index (χ0n) is 18.4. The van der Waals surface area contributed by atoms with Crippen molar-refractivity contribution in [3.8, 4) is 5.75 Å². The highest BCUT2D eigenvalue weighted by molar-refractivity contribution is 5.97. The Bertz CT molecular complexity index is 1160. The summed E-state index contributed by atoms with van der Waals surface area (Å²) < 4.78 is 8.18. The zero-order valence-corrected chi connectivity index (χ0v) is 18.4. The summed E-state index contributed by atoms with van der Waals surface area (Å²) >= 11 is 0. The molecule has 2 N–H and O–H groups in total. The molecule has 7 heteroatoms. The van der Waals surface area contributed by atoms with Gasteiger partial charge in [0.25, 0.3) is 5.91 Å². The van der Waals surface area contributed by atoms with Crippen molar-refractivity contribution < 1.29 is 9.53 Å². The summed E-state index contributed by atoms with van der Waals surface area (Å²) in [6.07, 6.45) is 6.96. The molecular weight excluding hydrogens is 402 g/mol. The minimum absolute atomic E-state index is 0.0489. The van der Waals surface area contributed by atoms with Crippen LogP contribution in [0.15, 0.2) is 42.7 Å². The molecule has 5 heterocycles. The Morgan fingerprint density at radius 3 is 2.88 bits per heavy atom. The summed E-state index contributed by atoms with van der Waals surface area (Å²) in [6, 6.07) is 11.6. The molecule has 1 amide bonds. The number of carbonyl (C=O) groups excluding carboxylic acids is 1. The molecule has 0 aliphatic carbocycles. The maximum Gasteiger partial charge on any atom is 0.253 e. The molecule has 2 unspecified atom stereocenters. The number of pyridine rings is 1. The summed E-state index contributed by atoms with van der Waals surface area (Å²) in [5.74, 6) is 0.852. The molecule has 3 atom stereocenters. The highest BCUT2D eigenvalue weighted by Crippen LogP contribution is 2.36. The second-order valence-electron chi connectivity index (χ2n) is 9.17. The molecule has 6 rings (SSSR count). The molecule has 2 saturated heterocycles. The number of aromatic nitrogens is 2. The molecule has 3 aliphatic heterocycles. The number of rotatable bonds is 4. The molecular formula is C25H29N5O2. The van der Waals surface area contributed by atoms with Crippen LogP contribution in [0.2, 0.25) is 0 Å². The van der Waals surface area contributed by atoms with Gasteiger partial charge in [-0.3, -0.25) is 4.79 Å². The van der Waals surface area contributed by atoms with E-state index in [0.717, 1.165) is 48.4 Å². The van der Waals surface area contributed by atoms with Crippen LogP contribution >= 0.6 is 0 Å². The molecule has 0 radical (unpaired) electrons. The van der Waals surface area contributed by atoms with Crippen LogP contribution in [-0.4, -0.2) is 53.3 Å². The van der Waals surface area contributed by atoms with Gasteiger partial charge in [-0.2, -0.15) is 0 Å². The largest absolute Gasteiger partial charge is 0.491 e. The second-order valence-corrected chi connectivity index (χ2v) is 9.17. The molecule has 3 aromatic rings. The van der Waals surface area contributed by atoms with E-state index in [1.54, 1.807) is 6.20 Å². The van der Waals surface area contributed by atoms with Crippen LogP contribution in [0.3, 0.4) is 0 Å². The minimum Gasteiger partial charge on any atom is -0.491 e. The quantitative estimate of drug-likeness (QED) is 0.665. The zero-order chi connectivity index (χ0) is 21.7. The van der Waals surface area contributed by atoms with Crippen molar-refractivity contribution in [1.82, 2.24) is 20.2 Å². The maximum atomic E-state index is 12.9. The fourth-order valence-electron chi connectivity index (χ4n) is 5.54. The van der Waals surface area contributed by atoms with Gasteiger partial charge in [0, 0.05) is 61.3 Å². The third kappa shape index (κ3) is 3.32. The van der Waals surface area contributed by atoms with Crippen LogP contribution in [0.1, 0.15) is 35.7 Å². The van der Waals surface area contributed by atoms with E-state index in [1.807, 2.05) is 18.3 Å². The monoisotopic (exact) mass is 431 g/mol. The van der Waals surface area contributed by atoms with E-state index in [1.165, 1.54) is 18.5 Å². The Labute approximate surface area is 187 Å². The van der Waals surface area contributed by atoms with Crippen molar-refractivity contribution in [2.45, 2.75) is 50.9 Å². The van der Waals surface area contributed by atoms with Crippen molar-refractivity contribution in [3.63, 3.8) is 0 Å². The van der Waals surface area contributed by atoms with Crippen LogP contribution in [0, 0.1) is 0 Å². The van der Waals surface area contributed by atoms with E-state index in [4.69, 9.17) is 4.74 Å². The first-order valence-electron chi connectivity index (χ1n) is 11.7. The van der Waals surface area contributed by atoms with Crippen LogP contribution in [0.5, 0.6) is 5.75 Å². The lowest BCUT2D eigenvalue weighted by Crippen LogP contribution is -2.52. The van der Waals surface area contributed by atoms with Crippen LogP contribution in [0.25, 0.3) is 11.0 Å². The topological polar surface area (TPSA) is 71.4 Å². The molecule has 3 aliphatic rings. The number of ether oxygens (including phenoxy) is 1. The summed E-state index contributed by atoms with van der Waals surface area (Å²) in [5.41, 5.74) is 3.91. The number of aryl methyl sites for hydroxylation is 1. The number of piperazine rings is 1. The highest BCUT2D eigenvalue weighted by atomic mass is 16.5. The van der Waals surface area contributed by atoms with Gasteiger partial charge in [-0.1, -0.05) is 6.07 Å². The van der Waals surface area contributed by atoms with E-state index in [-0.39, 0.29) is 11.9 Å². The molecule has 32 heavy (non-hydrogen) atoms. The molecule has 7 nitrogen and oxygen atoms in total. The maximum absolute atomic E-state index is 12.9. The predicted octanol–water partition coefficient (Wildman–Crippen LogP) is 2.73. The average molecular weight is 432 g/mol. The van der Waals surface area contributed by atoms with Gasteiger partial charge in [-0.05, 0) is 49.9 Å². The Balaban J connectivity index is 1.15. The van der Waals surface area contributed by atoms with Gasteiger partial charge in [0.1, 0.15) is 18.0 Å². The summed E-state index contributed by atoms with van der Waals surface area (Å²) in [6.45, 7) is 5.55. The standard InChI is InChI=1S/C25H29N5O2/c1-2-29-8-7-17-9-18(12-27-24(17)29)25(31)28-19-10-16-3-4-20(11-23(16)32-15-19)30-21-5-6-22(30)14-26-13-21/h3-4,7-9,11-12,19,21-22,26H,2,5-6,10,13-15H2,1H3,(H,28,31)/t19-,21?,22?/m1/s1. The van der Waals surface area contributed by atoms with Crippen molar-refractivity contribution in [2.24, 2.45) is 0 Å². The van der Waals surface area contributed by atoms with Crippen molar-refractivity contribution >= 4 is 22.6 Å². The second kappa shape index (κ2) is 7.81. The lowest BCUT2D eigenvalue weighted by Gasteiger charge is -2.38. The number of anilines is 1. The number of benzene rings is 1. The number of nitrogens with one attached hydrogen (secondary N) is 2. The van der Waals surface area contributed by atoms with Gasteiger partial charge in [0.05, 0.1) is 11.6 Å². The molecule has 1 aromatic carbocycles. The number of carbonyl (C=O) groups is 1. The van der Waals surface area contributed by atoms with Gasteiger partial charge >= 0.3 is 0 Å². The van der Waals surface area contributed by atoms with E-state index in [2.05, 4.69) is 50.2 Å². The SMILES string of the molecule is CCn1ccc2cc(C(=O)N[C@H]3COc4cc(N5C6CCC5CNC6)ccc4C3)cnc21. The van der Waals surface area contributed by atoms with Crippen molar-refractivity contribution in [1.29, 1.82) is 0 Å². The molecule has 2 fully saturated rings. The van der Waals surface area contributed by atoms with Gasteiger partial charge in [0.2, 0.25) is 0 Å². The van der Waals surface area contributed by atoms with Crippen LogP contribution < -0.4 is 20.3 Å². The highest BCUT2D eigenvalue weighted by Gasteiger charge is 2.37. The van der Waals surface area contributed by atoms with E-state index in [9.17, 15) is 4.79 Å². The lowest BCUT2D eigenvalue weighted by atomic mass is 10.0. The van der Waals surface area contributed by atoms with Crippen molar-refractivity contribution in [3.05, 3.63) is 53.9 Å². The van der Waals surface area contributed by atoms with Crippen LogP contribution in [0.4, 0.5) is 5.69 Å². The summed E-state index contributed by atoms with van der Waals surface area (Å²) in [7, 11) is 0. The first-order chi connectivity index (χ1) is 15.7. The Kier molecular flexibility index (Phi) is 4.79. The molecule has 0 spiro atoms. The predicted molar refractivity (Wildman–Crippen MR) is 124 cm³/mol. The lowest BCUT2D eigenvalue weighted by molar-refractivity contribution is 0.0915. The fraction of sp³-hybridized carbons (Fsp3) is 0.440. The van der Waals surface area contributed by atoms with E-state index >= 15 is 0 Å². The smallest absolute Gasteiger partial charge is 0.253 e. The summed E-state index contributed by atoms with van der Waals surface area (Å²) in [4.78, 5) is 19.9. The number of nitrogens with zero attached hydrogens (tertiary/aromatic N) is 3. The number of fused-ring (bicyclic) bond motifs is 4. The van der Waals surface area contributed by atoms with Crippen molar-refractivity contribution in [2.75, 3.05) is 24.6 Å². The van der Waals surface area contributed by atoms with Gasteiger partial charge in [0.15, 0.2) is 0 Å². The number of hydrogen-bond acceptors (Lipinski definition) is 5. The number of amides is 1. The third-order valence-corrected chi connectivity index (χ3v) is 7.17. The number of hydrogen-bond donors (Lipinski definition) is 2. The first-order valence-corrected chi connectivity index (χ1v) is 11.7. The normalized spacial score (nSPS) is 24.3. The molecule has 166 valence electrons. The molecule has 2 bridgehead atoms.